The summed E-state index contributed by atoms with van der Waals surface area (Å²) in [5, 5.41) is 1.83. The average Bonchev–Trinajstić information content (AvgIpc) is 2.75. The third kappa shape index (κ3) is 3.42. The molecule has 1 aliphatic heterocycles. The number of sulfonamides is 1. The van der Waals surface area contributed by atoms with Crippen molar-refractivity contribution in [3.8, 4) is 0 Å². The van der Waals surface area contributed by atoms with Gasteiger partial charge in [-0.3, -0.25) is 0 Å². The summed E-state index contributed by atoms with van der Waals surface area (Å²) < 4.78 is 27.4. The van der Waals surface area contributed by atoms with Gasteiger partial charge in [0.25, 0.3) is 10.0 Å². The van der Waals surface area contributed by atoms with Gasteiger partial charge in [-0.25, -0.2) is 8.42 Å². The zero-order chi connectivity index (χ0) is 14.8. The van der Waals surface area contributed by atoms with Gasteiger partial charge in [0, 0.05) is 19.6 Å². The molecule has 0 aliphatic carbocycles. The highest BCUT2D eigenvalue weighted by atomic mass is 32.2. The van der Waals surface area contributed by atoms with Gasteiger partial charge in [0.05, 0.1) is 0 Å². The van der Waals surface area contributed by atoms with Gasteiger partial charge in [-0.1, -0.05) is 13.8 Å². The Morgan fingerprint density at radius 2 is 2.15 bits per heavy atom. The molecule has 1 fully saturated rings. The van der Waals surface area contributed by atoms with E-state index in [9.17, 15) is 8.42 Å². The molecule has 0 bridgehead atoms. The zero-order valence-corrected chi connectivity index (χ0v) is 13.8. The van der Waals surface area contributed by atoms with Crippen LogP contribution in [0.5, 0.6) is 0 Å². The van der Waals surface area contributed by atoms with E-state index >= 15 is 0 Å². The lowest BCUT2D eigenvalue weighted by molar-refractivity contribution is 0.341. The molecule has 0 radical (unpaired) electrons. The molecule has 6 heteroatoms. The van der Waals surface area contributed by atoms with E-state index in [1.54, 1.807) is 10.4 Å². The number of nitrogens with two attached hydrogens (primary N) is 1. The molecule has 0 amide bonds. The fourth-order valence-corrected chi connectivity index (χ4v) is 5.59. The molecular formula is C14H24N2O2S2. The summed E-state index contributed by atoms with van der Waals surface area (Å²) in [5.41, 5.74) is 6.45. The first kappa shape index (κ1) is 15.9. The van der Waals surface area contributed by atoms with Gasteiger partial charge >= 0.3 is 0 Å². The van der Waals surface area contributed by atoms with Crippen LogP contribution in [0.1, 0.15) is 38.7 Å². The van der Waals surface area contributed by atoms with Crippen molar-refractivity contribution in [1.29, 1.82) is 0 Å². The lowest BCUT2D eigenvalue weighted by Gasteiger charge is -2.20. The van der Waals surface area contributed by atoms with Crippen molar-refractivity contribution >= 4 is 21.4 Å². The normalized spacial score (nSPS) is 22.1. The van der Waals surface area contributed by atoms with Gasteiger partial charge < -0.3 is 5.73 Å². The Morgan fingerprint density at radius 3 is 2.75 bits per heavy atom. The summed E-state index contributed by atoms with van der Waals surface area (Å²) in [5.74, 6) is 1.27. The van der Waals surface area contributed by atoms with E-state index in [1.807, 2.05) is 5.38 Å². The molecule has 0 spiro atoms. The predicted molar refractivity (Wildman–Crippen MR) is 83.1 cm³/mol. The van der Waals surface area contributed by atoms with E-state index in [0.717, 1.165) is 24.8 Å². The molecule has 1 unspecified atom stereocenters. The van der Waals surface area contributed by atoms with Gasteiger partial charge in [0.1, 0.15) is 4.21 Å². The second kappa shape index (κ2) is 6.56. The minimum Gasteiger partial charge on any atom is -0.326 e. The zero-order valence-electron chi connectivity index (χ0n) is 12.2. The summed E-state index contributed by atoms with van der Waals surface area (Å²) in [6, 6.07) is 1.71. The molecule has 1 aliphatic rings. The molecule has 2 heterocycles. The minimum absolute atomic E-state index is 0.390. The van der Waals surface area contributed by atoms with Crippen LogP contribution in [0, 0.1) is 11.8 Å². The van der Waals surface area contributed by atoms with Crippen LogP contribution in [0.2, 0.25) is 0 Å². The quantitative estimate of drug-likeness (QED) is 0.929. The fourth-order valence-electron chi connectivity index (χ4n) is 2.73. The standard InChI is InChI=1S/C14H24N2O2S2/c1-11(2)13-4-3-6-16(7-5-13)20(17,18)14-8-12(9-15)10-19-14/h8,10-11,13H,3-7,9,15H2,1-2H3. The van der Waals surface area contributed by atoms with E-state index in [4.69, 9.17) is 5.73 Å². The largest absolute Gasteiger partial charge is 0.326 e. The minimum atomic E-state index is -3.33. The van der Waals surface area contributed by atoms with Crippen molar-refractivity contribution < 1.29 is 8.42 Å². The third-order valence-electron chi connectivity index (χ3n) is 4.13. The van der Waals surface area contributed by atoms with Crippen LogP contribution in [0.4, 0.5) is 0 Å². The molecule has 1 aromatic heterocycles. The molecule has 4 nitrogen and oxygen atoms in total. The summed E-state index contributed by atoms with van der Waals surface area (Å²) in [4.78, 5) is 0. The summed E-state index contributed by atoms with van der Waals surface area (Å²) in [6.07, 6.45) is 3.05. The Bertz CT molecular complexity index is 537. The Kier molecular flexibility index (Phi) is 5.23. The lowest BCUT2D eigenvalue weighted by Crippen LogP contribution is -2.31. The maximum Gasteiger partial charge on any atom is 0.252 e. The van der Waals surface area contributed by atoms with Crippen LogP contribution < -0.4 is 5.73 Å². The van der Waals surface area contributed by atoms with Crippen molar-refractivity contribution in [3.63, 3.8) is 0 Å². The van der Waals surface area contributed by atoms with Crippen LogP contribution in [0.15, 0.2) is 15.7 Å². The first-order valence-corrected chi connectivity index (χ1v) is 9.54. The highest BCUT2D eigenvalue weighted by Crippen LogP contribution is 2.29. The number of hydrogen-bond donors (Lipinski definition) is 1. The van der Waals surface area contributed by atoms with Gasteiger partial charge in [-0.15, -0.1) is 11.3 Å². The molecule has 114 valence electrons. The lowest BCUT2D eigenvalue weighted by atomic mass is 9.89. The second-order valence-electron chi connectivity index (χ2n) is 5.82. The molecule has 0 saturated carbocycles. The Morgan fingerprint density at radius 1 is 1.40 bits per heavy atom. The molecule has 2 N–H and O–H groups in total. The van der Waals surface area contributed by atoms with E-state index in [0.29, 0.717) is 35.7 Å². The van der Waals surface area contributed by atoms with Crippen molar-refractivity contribution in [1.82, 2.24) is 4.31 Å². The molecule has 2 rings (SSSR count). The van der Waals surface area contributed by atoms with Crippen LogP contribution in [0.3, 0.4) is 0 Å². The average molecular weight is 316 g/mol. The summed E-state index contributed by atoms with van der Waals surface area (Å²) >= 11 is 1.28. The van der Waals surface area contributed by atoms with Gasteiger partial charge in [0.2, 0.25) is 0 Å². The van der Waals surface area contributed by atoms with Crippen LogP contribution >= 0.6 is 11.3 Å². The molecule has 0 aromatic carbocycles. The number of thiophene rings is 1. The highest BCUT2D eigenvalue weighted by Gasteiger charge is 2.29. The maximum atomic E-state index is 12.6. The van der Waals surface area contributed by atoms with E-state index in [-0.39, 0.29) is 0 Å². The van der Waals surface area contributed by atoms with Gasteiger partial charge in [-0.2, -0.15) is 4.31 Å². The van der Waals surface area contributed by atoms with Crippen LogP contribution in [-0.4, -0.2) is 25.8 Å². The van der Waals surface area contributed by atoms with Crippen LogP contribution in [-0.2, 0) is 16.6 Å². The topological polar surface area (TPSA) is 63.4 Å². The summed E-state index contributed by atoms with van der Waals surface area (Å²) in [6.45, 7) is 6.12. The first-order chi connectivity index (χ1) is 9.45. The number of rotatable bonds is 4. The molecular weight excluding hydrogens is 292 g/mol. The van der Waals surface area contributed by atoms with Crippen molar-refractivity contribution in [2.24, 2.45) is 17.6 Å². The monoisotopic (exact) mass is 316 g/mol. The van der Waals surface area contributed by atoms with E-state index in [1.165, 1.54) is 11.3 Å². The van der Waals surface area contributed by atoms with Crippen molar-refractivity contribution in [3.05, 3.63) is 17.0 Å². The Labute approximate surface area is 126 Å². The number of nitrogens with zero attached hydrogens (tertiary/aromatic N) is 1. The molecule has 1 aromatic rings. The van der Waals surface area contributed by atoms with Gasteiger partial charge in [0.15, 0.2) is 0 Å². The third-order valence-corrected chi connectivity index (χ3v) is 7.50. The van der Waals surface area contributed by atoms with Crippen molar-refractivity contribution in [2.45, 2.75) is 43.9 Å². The molecule has 20 heavy (non-hydrogen) atoms. The predicted octanol–water partition coefficient (Wildman–Crippen LogP) is 2.65. The van der Waals surface area contributed by atoms with E-state index < -0.39 is 10.0 Å². The van der Waals surface area contributed by atoms with Crippen molar-refractivity contribution in [2.75, 3.05) is 13.1 Å². The molecule has 1 atom stereocenters. The van der Waals surface area contributed by atoms with Gasteiger partial charge in [-0.05, 0) is 48.1 Å². The van der Waals surface area contributed by atoms with E-state index in [2.05, 4.69) is 13.8 Å². The first-order valence-electron chi connectivity index (χ1n) is 7.22. The number of hydrogen-bond acceptors (Lipinski definition) is 4. The molecule has 1 saturated heterocycles. The smallest absolute Gasteiger partial charge is 0.252 e. The van der Waals surface area contributed by atoms with Crippen LogP contribution in [0.25, 0.3) is 0 Å². The maximum absolute atomic E-state index is 12.6. The second-order valence-corrected chi connectivity index (χ2v) is 8.89. The Hall–Kier alpha value is -0.430. The SMILES string of the molecule is CC(C)C1CCCN(S(=O)(=O)c2cc(CN)cs2)CC1. The summed E-state index contributed by atoms with van der Waals surface area (Å²) in [7, 11) is -3.33. The Balaban J connectivity index is 2.13. The highest BCUT2D eigenvalue weighted by molar-refractivity contribution is 7.91. The fraction of sp³-hybridized carbons (Fsp3) is 0.714.